The zero-order valence-electron chi connectivity index (χ0n) is 17.6. The van der Waals surface area contributed by atoms with Crippen molar-refractivity contribution in [3.63, 3.8) is 0 Å². The molecular weight excluding hydrogens is 412 g/mol. The standard InChI is InChI=1S/C24H26N2O6/c27-22(28)14-32-26-23(29)16(11-15-9-10-15)12-25-24(30)31-13-21-19-7-3-1-5-17(19)18-6-2-4-8-20(18)21/h1-8,15-16,21H,9-14H2,(H,25,30)(H,26,29)(H,27,28). The van der Waals surface area contributed by atoms with Crippen LogP contribution in [0.1, 0.15) is 36.3 Å². The molecule has 2 amide bonds. The van der Waals surface area contributed by atoms with Crippen molar-refractivity contribution in [2.75, 3.05) is 19.8 Å². The minimum absolute atomic E-state index is 0.0388. The molecule has 0 bridgehead atoms. The number of carboxylic acids is 1. The highest BCUT2D eigenvalue weighted by Crippen LogP contribution is 2.44. The van der Waals surface area contributed by atoms with Gasteiger partial charge in [0.05, 0.1) is 5.92 Å². The van der Waals surface area contributed by atoms with E-state index in [2.05, 4.69) is 27.8 Å². The van der Waals surface area contributed by atoms with E-state index in [9.17, 15) is 14.4 Å². The first-order valence-electron chi connectivity index (χ1n) is 10.7. The van der Waals surface area contributed by atoms with E-state index < -0.39 is 30.5 Å². The summed E-state index contributed by atoms with van der Waals surface area (Å²) < 4.78 is 5.51. The third-order valence-corrected chi connectivity index (χ3v) is 5.89. The van der Waals surface area contributed by atoms with Crippen LogP contribution in [0.5, 0.6) is 0 Å². The van der Waals surface area contributed by atoms with Crippen molar-refractivity contribution in [2.45, 2.75) is 25.2 Å². The molecule has 2 aliphatic carbocycles. The van der Waals surface area contributed by atoms with Crippen molar-refractivity contribution >= 4 is 18.0 Å². The number of rotatable bonds is 10. The van der Waals surface area contributed by atoms with E-state index >= 15 is 0 Å². The number of hydroxylamine groups is 1. The van der Waals surface area contributed by atoms with E-state index in [1.807, 2.05) is 36.4 Å². The second kappa shape index (κ2) is 9.82. The second-order valence-corrected chi connectivity index (χ2v) is 8.23. The first kappa shape index (κ1) is 21.8. The molecule has 0 radical (unpaired) electrons. The van der Waals surface area contributed by atoms with Gasteiger partial charge in [-0.3, -0.25) is 9.63 Å². The van der Waals surface area contributed by atoms with Gasteiger partial charge in [0.15, 0.2) is 6.61 Å². The Morgan fingerprint density at radius 2 is 1.62 bits per heavy atom. The van der Waals surface area contributed by atoms with Crippen LogP contribution < -0.4 is 10.8 Å². The average molecular weight is 438 g/mol. The molecule has 1 saturated carbocycles. The molecule has 1 unspecified atom stereocenters. The molecule has 32 heavy (non-hydrogen) atoms. The van der Waals surface area contributed by atoms with Gasteiger partial charge >= 0.3 is 12.1 Å². The van der Waals surface area contributed by atoms with Crippen LogP contribution in [-0.2, 0) is 19.2 Å². The number of amides is 2. The van der Waals surface area contributed by atoms with Gasteiger partial charge < -0.3 is 15.2 Å². The lowest BCUT2D eigenvalue weighted by Gasteiger charge is -2.18. The molecule has 2 aromatic carbocycles. The Morgan fingerprint density at radius 3 is 2.22 bits per heavy atom. The maximum absolute atomic E-state index is 12.4. The van der Waals surface area contributed by atoms with Crippen LogP contribution >= 0.6 is 0 Å². The summed E-state index contributed by atoms with van der Waals surface area (Å²) in [6, 6.07) is 16.2. The fraction of sp³-hybridized carbons (Fsp3) is 0.375. The number of carboxylic acid groups (broad SMARTS) is 1. The zero-order valence-corrected chi connectivity index (χ0v) is 17.6. The second-order valence-electron chi connectivity index (χ2n) is 8.23. The molecular formula is C24H26N2O6. The zero-order chi connectivity index (χ0) is 22.5. The van der Waals surface area contributed by atoms with Gasteiger partial charge in [-0.15, -0.1) is 0 Å². The number of hydrogen-bond acceptors (Lipinski definition) is 5. The fourth-order valence-corrected chi connectivity index (χ4v) is 4.15. The van der Waals surface area contributed by atoms with E-state index in [0.717, 1.165) is 35.1 Å². The topological polar surface area (TPSA) is 114 Å². The Balaban J connectivity index is 1.31. The molecule has 8 heteroatoms. The van der Waals surface area contributed by atoms with Crippen LogP contribution in [0, 0.1) is 11.8 Å². The minimum atomic E-state index is -1.18. The van der Waals surface area contributed by atoms with E-state index in [-0.39, 0.29) is 19.1 Å². The molecule has 8 nitrogen and oxygen atoms in total. The summed E-state index contributed by atoms with van der Waals surface area (Å²) in [5.74, 6) is -1.74. The van der Waals surface area contributed by atoms with Crippen molar-refractivity contribution in [1.29, 1.82) is 0 Å². The smallest absolute Gasteiger partial charge is 0.407 e. The van der Waals surface area contributed by atoms with Gasteiger partial charge in [0, 0.05) is 12.5 Å². The van der Waals surface area contributed by atoms with Gasteiger partial charge in [-0.25, -0.2) is 15.1 Å². The number of aliphatic carboxylic acids is 1. The Bertz CT molecular complexity index is 958. The molecule has 1 fully saturated rings. The monoisotopic (exact) mass is 438 g/mol. The first-order chi connectivity index (χ1) is 15.5. The molecule has 4 rings (SSSR count). The lowest BCUT2D eigenvalue weighted by molar-refractivity contribution is -0.150. The Hall–Kier alpha value is -3.39. The Kier molecular flexibility index (Phi) is 6.70. The van der Waals surface area contributed by atoms with Crippen molar-refractivity contribution in [3.8, 4) is 11.1 Å². The van der Waals surface area contributed by atoms with Gasteiger partial charge in [-0.2, -0.15) is 0 Å². The largest absolute Gasteiger partial charge is 0.479 e. The van der Waals surface area contributed by atoms with E-state index in [0.29, 0.717) is 12.3 Å². The average Bonchev–Trinajstić information content (AvgIpc) is 3.55. The normalized spacial score (nSPS) is 15.4. The van der Waals surface area contributed by atoms with Crippen molar-refractivity contribution < 1.29 is 29.1 Å². The van der Waals surface area contributed by atoms with Crippen molar-refractivity contribution in [2.24, 2.45) is 11.8 Å². The van der Waals surface area contributed by atoms with Crippen LogP contribution in [-0.4, -0.2) is 42.8 Å². The maximum atomic E-state index is 12.4. The van der Waals surface area contributed by atoms with Crippen LogP contribution in [0.3, 0.4) is 0 Å². The molecule has 2 aromatic rings. The fourth-order valence-electron chi connectivity index (χ4n) is 4.15. The molecule has 168 valence electrons. The number of benzene rings is 2. The van der Waals surface area contributed by atoms with Crippen LogP contribution in [0.4, 0.5) is 4.79 Å². The molecule has 3 N–H and O–H groups in total. The number of alkyl carbamates (subject to hydrolysis) is 1. The number of hydrogen-bond donors (Lipinski definition) is 3. The summed E-state index contributed by atoms with van der Waals surface area (Å²) >= 11 is 0. The van der Waals surface area contributed by atoms with Gasteiger partial charge in [0.1, 0.15) is 6.61 Å². The maximum Gasteiger partial charge on any atom is 0.407 e. The van der Waals surface area contributed by atoms with E-state index in [4.69, 9.17) is 9.84 Å². The molecule has 2 aliphatic rings. The molecule has 1 atom stereocenters. The van der Waals surface area contributed by atoms with Gasteiger partial charge in [0.25, 0.3) is 0 Å². The minimum Gasteiger partial charge on any atom is -0.479 e. The molecule has 0 spiro atoms. The highest BCUT2D eigenvalue weighted by atomic mass is 16.7. The SMILES string of the molecule is O=C(O)CONC(=O)C(CNC(=O)OCC1c2ccccc2-c2ccccc21)CC1CC1. The van der Waals surface area contributed by atoms with Gasteiger partial charge in [-0.05, 0) is 34.6 Å². The third-order valence-electron chi connectivity index (χ3n) is 5.89. The van der Waals surface area contributed by atoms with E-state index in [1.54, 1.807) is 0 Å². The summed E-state index contributed by atoms with van der Waals surface area (Å²) in [6.45, 7) is -0.335. The van der Waals surface area contributed by atoms with E-state index in [1.165, 1.54) is 0 Å². The Morgan fingerprint density at radius 1 is 1.00 bits per heavy atom. The number of ether oxygens (including phenoxy) is 1. The van der Waals surface area contributed by atoms with Crippen molar-refractivity contribution in [3.05, 3.63) is 59.7 Å². The summed E-state index contributed by atoms with van der Waals surface area (Å²) in [7, 11) is 0. The molecule has 0 saturated heterocycles. The van der Waals surface area contributed by atoms with Crippen molar-refractivity contribution in [1.82, 2.24) is 10.8 Å². The molecule has 0 aliphatic heterocycles. The number of nitrogens with one attached hydrogen (secondary N) is 2. The third kappa shape index (κ3) is 5.26. The van der Waals surface area contributed by atoms with Crippen LogP contribution in [0.2, 0.25) is 0 Å². The predicted octanol–water partition coefficient (Wildman–Crippen LogP) is 3.07. The lowest BCUT2D eigenvalue weighted by Crippen LogP contribution is -2.40. The quantitative estimate of drug-likeness (QED) is 0.491. The molecule has 0 aromatic heterocycles. The van der Waals surface area contributed by atoms with Crippen LogP contribution in [0.15, 0.2) is 48.5 Å². The molecule has 0 heterocycles. The number of carbonyl (C=O) groups excluding carboxylic acids is 2. The summed E-state index contributed by atoms with van der Waals surface area (Å²) in [5.41, 5.74) is 6.72. The van der Waals surface area contributed by atoms with Gasteiger partial charge in [-0.1, -0.05) is 61.4 Å². The summed E-state index contributed by atoms with van der Waals surface area (Å²) in [5, 5.41) is 11.3. The van der Waals surface area contributed by atoms with Crippen LogP contribution in [0.25, 0.3) is 11.1 Å². The summed E-state index contributed by atoms with van der Waals surface area (Å²) in [4.78, 5) is 39.9. The van der Waals surface area contributed by atoms with Gasteiger partial charge in [0.2, 0.25) is 5.91 Å². The Labute approximate surface area is 185 Å². The highest BCUT2D eigenvalue weighted by molar-refractivity contribution is 5.80. The lowest BCUT2D eigenvalue weighted by atomic mass is 9.98. The first-order valence-corrected chi connectivity index (χ1v) is 10.7. The predicted molar refractivity (Wildman–Crippen MR) is 116 cm³/mol. The highest BCUT2D eigenvalue weighted by Gasteiger charge is 2.31. The number of fused-ring (bicyclic) bond motifs is 3. The summed E-state index contributed by atoms with van der Waals surface area (Å²) in [6.07, 6.45) is 2.10. The number of carbonyl (C=O) groups is 3.